The highest BCUT2D eigenvalue weighted by Gasteiger charge is 2.51. The van der Waals surface area contributed by atoms with Gasteiger partial charge in [-0.05, 0) is 117 Å². The van der Waals surface area contributed by atoms with Crippen molar-refractivity contribution in [2.75, 3.05) is 17.1 Å². The Bertz CT molecular complexity index is 1400. The van der Waals surface area contributed by atoms with Gasteiger partial charge >= 0.3 is 0 Å². The fourth-order valence-corrected chi connectivity index (χ4v) is 9.80. The minimum Gasteiger partial charge on any atom is -0.352 e. The third-order valence-electron chi connectivity index (χ3n) is 10.6. The maximum Gasteiger partial charge on any atom is 0.244 e. The van der Waals surface area contributed by atoms with Crippen molar-refractivity contribution in [3.8, 4) is 0 Å². The Morgan fingerprint density at radius 3 is 2.02 bits per heavy atom. The van der Waals surface area contributed by atoms with Gasteiger partial charge in [-0.1, -0.05) is 48.7 Å². The molecule has 2 aromatic rings. The highest BCUT2D eigenvalue weighted by atomic mass is 35.5. The second kappa shape index (κ2) is 12.1. The number of amides is 2. The number of rotatable bonds is 10. The molecule has 1 N–H and O–H groups in total. The monoisotopic (exact) mass is 625 g/mol. The molecule has 0 heterocycles. The molecule has 7 rings (SSSR count). The van der Waals surface area contributed by atoms with Crippen molar-refractivity contribution >= 4 is 39.1 Å². The minimum atomic E-state index is -3.78. The lowest BCUT2D eigenvalue weighted by Crippen LogP contribution is -2.52. The smallest absolute Gasteiger partial charge is 0.244 e. The Morgan fingerprint density at radius 1 is 0.930 bits per heavy atom. The lowest BCUT2D eigenvalue weighted by Gasteiger charge is -2.57. The highest BCUT2D eigenvalue weighted by molar-refractivity contribution is 7.92. The third kappa shape index (κ3) is 6.60. The molecule has 4 bridgehead atoms. The molecule has 0 aromatic heterocycles. The first-order valence-electron chi connectivity index (χ1n) is 15.9. The zero-order valence-corrected chi connectivity index (χ0v) is 26.9. The van der Waals surface area contributed by atoms with E-state index in [1.54, 1.807) is 19.1 Å². The lowest BCUT2D eigenvalue weighted by molar-refractivity contribution is -0.139. The number of nitrogens with zero attached hydrogens (tertiary/aromatic N) is 2. The van der Waals surface area contributed by atoms with Crippen molar-refractivity contribution in [1.82, 2.24) is 10.2 Å². The zero-order chi connectivity index (χ0) is 30.4. The molecule has 2 aromatic carbocycles. The van der Waals surface area contributed by atoms with Crippen molar-refractivity contribution < 1.29 is 18.0 Å². The molecule has 5 fully saturated rings. The second-order valence-corrected chi connectivity index (χ2v) is 16.2. The molecular weight excluding hydrogens is 582 g/mol. The lowest BCUT2D eigenvalue weighted by atomic mass is 9.48. The van der Waals surface area contributed by atoms with Crippen LogP contribution >= 0.6 is 11.6 Å². The number of nitrogens with one attached hydrogen (secondary N) is 1. The van der Waals surface area contributed by atoms with Gasteiger partial charge in [-0.3, -0.25) is 13.9 Å². The van der Waals surface area contributed by atoms with Crippen molar-refractivity contribution in [2.24, 2.45) is 17.8 Å². The van der Waals surface area contributed by atoms with Crippen LogP contribution in [0.15, 0.2) is 48.5 Å². The fraction of sp³-hybridized carbons (Fsp3) is 0.588. The molecule has 0 aliphatic heterocycles. The van der Waals surface area contributed by atoms with Crippen LogP contribution in [0, 0.1) is 17.8 Å². The van der Waals surface area contributed by atoms with E-state index in [1.165, 1.54) is 53.3 Å². The number of carbonyl (C=O) groups is 2. The molecule has 5 aliphatic rings. The van der Waals surface area contributed by atoms with Crippen molar-refractivity contribution in [1.29, 1.82) is 0 Å². The maximum atomic E-state index is 13.9. The van der Waals surface area contributed by atoms with Crippen LogP contribution in [0.3, 0.4) is 0 Å². The second-order valence-electron chi connectivity index (χ2n) is 13.8. The number of benzene rings is 2. The average Bonchev–Trinajstić information content (AvgIpc) is 3.47. The summed E-state index contributed by atoms with van der Waals surface area (Å²) in [6.07, 6.45) is 13.0. The van der Waals surface area contributed by atoms with E-state index in [4.69, 9.17) is 11.6 Å². The van der Waals surface area contributed by atoms with Crippen molar-refractivity contribution in [3.05, 3.63) is 64.7 Å². The van der Waals surface area contributed by atoms with Gasteiger partial charge in [0.05, 0.1) is 11.9 Å². The van der Waals surface area contributed by atoms with E-state index >= 15 is 0 Å². The van der Waals surface area contributed by atoms with E-state index in [2.05, 4.69) is 17.4 Å². The molecule has 0 radical (unpaired) electrons. The Hall–Kier alpha value is -2.58. The molecule has 0 saturated heterocycles. The van der Waals surface area contributed by atoms with Crippen LogP contribution in [-0.2, 0) is 31.6 Å². The van der Waals surface area contributed by atoms with E-state index in [1.807, 2.05) is 24.3 Å². The van der Waals surface area contributed by atoms with Crippen LogP contribution in [0.5, 0.6) is 0 Å². The predicted molar refractivity (Wildman–Crippen MR) is 170 cm³/mol. The normalized spacial score (nSPS) is 27.2. The number of sulfonamides is 1. The number of hydrogen-bond acceptors (Lipinski definition) is 4. The number of anilines is 1. The summed E-state index contributed by atoms with van der Waals surface area (Å²) in [5, 5.41) is 3.68. The molecule has 232 valence electrons. The van der Waals surface area contributed by atoms with E-state index in [-0.39, 0.29) is 30.5 Å². The first kappa shape index (κ1) is 30.4. The van der Waals surface area contributed by atoms with Gasteiger partial charge in [0, 0.05) is 17.6 Å². The molecule has 0 spiro atoms. The van der Waals surface area contributed by atoms with E-state index in [0.29, 0.717) is 10.7 Å². The summed E-state index contributed by atoms with van der Waals surface area (Å²) < 4.78 is 27.4. The quantitative estimate of drug-likeness (QED) is 0.348. The highest BCUT2D eigenvalue weighted by Crippen LogP contribution is 2.60. The van der Waals surface area contributed by atoms with Crippen molar-refractivity contribution in [3.63, 3.8) is 0 Å². The van der Waals surface area contributed by atoms with Crippen LogP contribution in [-0.4, -0.2) is 50.0 Å². The summed E-state index contributed by atoms with van der Waals surface area (Å²) in [5.74, 6) is 1.79. The molecule has 2 amide bonds. The van der Waals surface area contributed by atoms with E-state index < -0.39 is 22.0 Å². The topological polar surface area (TPSA) is 86.8 Å². The maximum absolute atomic E-state index is 13.9. The third-order valence-corrected chi connectivity index (χ3v) is 12.0. The van der Waals surface area contributed by atoms with Gasteiger partial charge in [0.25, 0.3) is 0 Å². The first-order chi connectivity index (χ1) is 20.5. The summed E-state index contributed by atoms with van der Waals surface area (Å²) >= 11 is 6.09. The molecule has 43 heavy (non-hydrogen) atoms. The van der Waals surface area contributed by atoms with Gasteiger partial charge in [-0.15, -0.1) is 0 Å². The molecule has 5 aliphatic carbocycles. The van der Waals surface area contributed by atoms with E-state index in [0.717, 1.165) is 55.3 Å². The summed E-state index contributed by atoms with van der Waals surface area (Å²) in [6, 6.07) is 14.4. The van der Waals surface area contributed by atoms with Crippen LogP contribution in [0.1, 0.15) is 82.3 Å². The standard InChI is InChI=1S/C34H44ClN3O4S/c1-23(33(40)36-30-5-3-4-6-30)37(21-24-7-11-29(35)12-8-24)32(39)22-38(43(2,41)42)31-13-9-28(10-14-31)34-18-25-15-26(19-34)17-27(16-25)20-34/h7-14,23,25-27,30H,3-6,15-22H2,1-2H3,(H,36,40). The SMILES string of the molecule is CC(C(=O)NC1CCCC1)N(Cc1ccc(Cl)cc1)C(=O)CN(c1ccc(C23CC4CC(CC(C4)C2)C3)cc1)S(C)(=O)=O. The van der Waals surface area contributed by atoms with Crippen LogP contribution in [0.2, 0.25) is 5.02 Å². The average molecular weight is 626 g/mol. The number of halogens is 1. The van der Waals surface area contributed by atoms with Crippen LogP contribution in [0.4, 0.5) is 5.69 Å². The van der Waals surface area contributed by atoms with Crippen LogP contribution in [0.25, 0.3) is 0 Å². The van der Waals surface area contributed by atoms with Gasteiger partial charge in [0.2, 0.25) is 21.8 Å². The number of carbonyl (C=O) groups excluding carboxylic acids is 2. The summed E-state index contributed by atoms with van der Waals surface area (Å²) in [5.41, 5.74) is 2.79. The van der Waals surface area contributed by atoms with Crippen LogP contribution < -0.4 is 9.62 Å². The molecular formula is C34H44ClN3O4S. The molecule has 1 atom stereocenters. The molecule has 7 nitrogen and oxygen atoms in total. The molecule has 1 unspecified atom stereocenters. The minimum absolute atomic E-state index is 0.113. The molecule has 9 heteroatoms. The number of hydrogen-bond donors (Lipinski definition) is 1. The summed E-state index contributed by atoms with van der Waals surface area (Å²) in [7, 11) is -3.78. The van der Waals surface area contributed by atoms with Gasteiger partial charge in [-0.2, -0.15) is 0 Å². The van der Waals surface area contributed by atoms with Gasteiger partial charge < -0.3 is 10.2 Å². The Kier molecular flexibility index (Phi) is 8.55. The molecule has 5 saturated carbocycles. The Morgan fingerprint density at radius 2 is 1.49 bits per heavy atom. The summed E-state index contributed by atoms with van der Waals surface area (Å²) in [6.45, 7) is 1.49. The van der Waals surface area contributed by atoms with Gasteiger partial charge in [0.15, 0.2) is 0 Å². The Labute approximate surface area is 261 Å². The summed E-state index contributed by atoms with van der Waals surface area (Å²) in [4.78, 5) is 28.7. The fourth-order valence-electron chi connectivity index (χ4n) is 8.82. The zero-order valence-electron chi connectivity index (χ0n) is 25.3. The predicted octanol–water partition coefficient (Wildman–Crippen LogP) is 6.05. The Balaban J connectivity index is 1.22. The first-order valence-corrected chi connectivity index (χ1v) is 18.1. The largest absolute Gasteiger partial charge is 0.352 e. The van der Waals surface area contributed by atoms with Gasteiger partial charge in [0.1, 0.15) is 12.6 Å². The van der Waals surface area contributed by atoms with E-state index in [9.17, 15) is 18.0 Å². The van der Waals surface area contributed by atoms with Gasteiger partial charge in [-0.25, -0.2) is 8.42 Å². The van der Waals surface area contributed by atoms with Crippen molar-refractivity contribution in [2.45, 2.75) is 95.2 Å².